The lowest BCUT2D eigenvalue weighted by atomic mass is 9.99. The molecule has 0 N–H and O–H groups in total. The van der Waals surface area contributed by atoms with Crippen LogP contribution < -0.4 is 0 Å². The molecule has 2 rings (SSSR count). The minimum absolute atomic E-state index is 0.228. The van der Waals surface area contributed by atoms with E-state index in [4.69, 9.17) is 11.6 Å². The quantitative estimate of drug-likeness (QED) is 0.733. The summed E-state index contributed by atoms with van der Waals surface area (Å²) in [4.78, 5) is 13.9. The van der Waals surface area contributed by atoms with Gasteiger partial charge in [-0.25, -0.2) is 0 Å². The number of carbonyl (C=O) groups is 1. The predicted molar refractivity (Wildman–Crippen MR) is 61.4 cm³/mol. The maximum Gasteiger partial charge on any atom is 0.177 e. The van der Waals surface area contributed by atoms with Crippen molar-refractivity contribution in [3.05, 3.63) is 35.4 Å². The molecule has 0 saturated heterocycles. The second-order valence-corrected chi connectivity index (χ2v) is 4.21. The first-order valence-corrected chi connectivity index (χ1v) is 5.74. The van der Waals surface area contributed by atoms with E-state index in [-0.39, 0.29) is 5.78 Å². The number of benzene rings is 1. The Labute approximate surface area is 94.8 Å². The van der Waals surface area contributed by atoms with Crippen LogP contribution in [0.4, 0.5) is 0 Å². The van der Waals surface area contributed by atoms with Crippen molar-refractivity contribution in [3.8, 4) is 0 Å². The zero-order chi connectivity index (χ0) is 10.7. The molecule has 0 fully saturated rings. The Hall–Kier alpha value is -0.860. The highest BCUT2D eigenvalue weighted by atomic mass is 35.5. The Morgan fingerprint density at radius 3 is 2.87 bits per heavy atom. The Morgan fingerprint density at radius 1 is 1.27 bits per heavy atom. The molecular formula is C12H14ClNO. The molecule has 0 aromatic heterocycles. The van der Waals surface area contributed by atoms with Gasteiger partial charge in [-0.1, -0.05) is 24.3 Å². The highest BCUT2D eigenvalue weighted by Gasteiger charge is 2.21. The van der Waals surface area contributed by atoms with Gasteiger partial charge in [0.15, 0.2) is 5.78 Å². The fraction of sp³-hybridized carbons (Fsp3) is 0.417. The summed E-state index contributed by atoms with van der Waals surface area (Å²) in [6, 6.07) is 7.85. The van der Waals surface area contributed by atoms with Gasteiger partial charge in [0.25, 0.3) is 0 Å². The first-order valence-electron chi connectivity index (χ1n) is 5.20. The number of ketones is 1. The summed E-state index contributed by atoms with van der Waals surface area (Å²) in [6.45, 7) is 2.32. The topological polar surface area (TPSA) is 20.3 Å². The molecule has 2 nitrogen and oxygen atoms in total. The maximum atomic E-state index is 11.8. The molecule has 0 saturated carbocycles. The van der Waals surface area contributed by atoms with Crippen molar-refractivity contribution in [2.45, 2.75) is 13.0 Å². The molecule has 0 atom stereocenters. The number of hydrogen-bond acceptors (Lipinski definition) is 2. The van der Waals surface area contributed by atoms with E-state index in [2.05, 4.69) is 4.90 Å². The second kappa shape index (κ2) is 4.77. The van der Waals surface area contributed by atoms with Gasteiger partial charge in [0.2, 0.25) is 0 Å². The van der Waals surface area contributed by atoms with Crippen LogP contribution in [0.3, 0.4) is 0 Å². The molecule has 0 amide bonds. The van der Waals surface area contributed by atoms with Crippen LogP contribution in [0, 0.1) is 0 Å². The summed E-state index contributed by atoms with van der Waals surface area (Å²) in [7, 11) is 0. The molecule has 15 heavy (non-hydrogen) atoms. The third kappa shape index (κ3) is 2.39. The molecule has 0 spiro atoms. The van der Waals surface area contributed by atoms with Gasteiger partial charge in [-0.3, -0.25) is 9.69 Å². The van der Waals surface area contributed by atoms with E-state index in [1.54, 1.807) is 0 Å². The Balaban J connectivity index is 2.12. The van der Waals surface area contributed by atoms with Crippen LogP contribution in [0.25, 0.3) is 0 Å². The summed E-state index contributed by atoms with van der Waals surface area (Å²) in [5.74, 6) is 0.887. The molecule has 0 radical (unpaired) electrons. The minimum atomic E-state index is 0.228. The monoisotopic (exact) mass is 223 g/mol. The third-order valence-electron chi connectivity index (χ3n) is 2.69. The zero-order valence-corrected chi connectivity index (χ0v) is 9.33. The van der Waals surface area contributed by atoms with Gasteiger partial charge in [0.05, 0.1) is 6.54 Å². The Kier molecular flexibility index (Phi) is 3.39. The van der Waals surface area contributed by atoms with Gasteiger partial charge in [0, 0.05) is 24.5 Å². The molecule has 1 aromatic carbocycles. The lowest BCUT2D eigenvalue weighted by Gasteiger charge is -2.27. The van der Waals surface area contributed by atoms with E-state index in [0.29, 0.717) is 12.4 Å². The second-order valence-electron chi connectivity index (χ2n) is 3.83. The number of halogens is 1. The Bertz CT molecular complexity index is 364. The zero-order valence-electron chi connectivity index (χ0n) is 8.58. The van der Waals surface area contributed by atoms with Crippen molar-refractivity contribution in [1.29, 1.82) is 0 Å². The van der Waals surface area contributed by atoms with Crippen molar-refractivity contribution in [1.82, 2.24) is 4.90 Å². The summed E-state index contributed by atoms with van der Waals surface area (Å²) in [5.41, 5.74) is 2.03. The lowest BCUT2D eigenvalue weighted by Crippen LogP contribution is -2.35. The highest BCUT2D eigenvalue weighted by Crippen LogP contribution is 2.18. The molecular weight excluding hydrogens is 210 g/mol. The average Bonchev–Trinajstić information content (AvgIpc) is 2.26. The van der Waals surface area contributed by atoms with Gasteiger partial charge in [-0.2, -0.15) is 0 Å². The first kappa shape index (κ1) is 10.7. The highest BCUT2D eigenvalue weighted by molar-refractivity contribution is 6.17. The first-order chi connectivity index (χ1) is 7.31. The van der Waals surface area contributed by atoms with Crippen molar-refractivity contribution in [3.63, 3.8) is 0 Å². The maximum absolute atomic E-state index is 11.8. The third-order valence-corrected chi connectivity index (χ3v) is 2.95. The fourth-order valence-electron chi connectivity index (χ4n) is 1.96. The number of carbonyl (C=O) groups excluding carboxylic acids is 1. The van der Waals surface area contributed by atoms with Crippen LogP contribution in [0.5, 0.6) is 0 Å². The number of alkyl halides is 1. The van der Waals surface area contributed by atoms with Gasteiger partial charge in [-0.05, 0) is 12.0 Å². The number of Topliss-reactive ketones (excluding diaryl/α,β-unsaturated/α-hetero) is 1. The molecule has 1 heterocycles. The molecule has 80 valence electrons. The molecule has 0 unspecified atom stereocenters. The van der Waals surface area contributed by atoms with Crippen molar-refractivity contribution in [2.24, 2.45) is 0 Å². The average molecular weight is 224 g/mol. The van der Waals surface area contributed by atoms with E-state index in [9.17, 15) is 4.79 Å². The molecule has 0 bridgehead atoms. The predicted octanol–water partition coefficient (Wildman–Crippen LogP) is 2.31. The fourth-order valence-corrected chi connectivity index (χ4v) is 2.08. The normalized spacial score (nSPS) is 16.5. The van der Waals surface area contributed by atoms with E-state index in [1.807, 2.05) is 24.3 Å². The van der Waals surface area contributed by atoms with Crippen LogP contribution in [0.15, 0.2) is 24.3 Å². The van der Waals surface area contributed by atoms with E-state index >= 15 is 0 Å². The summed E-state index contributed by atoms with van der Waals surface area (Å²) in [5, 5.41) is 0. The molecule has 1 aliphatic rings. The Morgan fingerprint density at radius 2 is 2.07 bits per heavy atom. The number of hydrogen-bond donors (Lipinski definition) is 0. The van der Waals surface area contributed by atoms with Gasteiger partial charge in [-0.15, -0.1) is 11.6 Å². The van der Waals surface area contributed by atoms with Crippen LogP contribution in [-0.2, 0) is 6.54 Å². The van der Waals surface area contributed by atoms with Crippen LogP contribution in [0.1, 0.15) is 22.3 Å². The largest absolute Gasteiger partial charge is 0.293 e. The van der Waals surface area contributed by atoms with Crippen LogP contribution in [-0.4, -0.2) is 29.7 Å². The molecule has 1 aromatic rings. The molecule has 1 aliphatic heterocycles. The van der Waals surface area contributed by atoms with Crippen molar-refractivity contribution >= 4 is 17.4 Å². The van der Waals surface area contributed by atoms with Gasteiger partial charge >= 0.3 is 0 Å². The number of rotatable bonds is 3. The number of fused-ring (bicyclic) bond motifs is 1. The molecule has 3 heteroatoms. The summed E-state index contributed by atoms with van der Waals surface area (Å²) >= 11 is 5.65. The van der Waals surface area contributed by atoms with Crippen LogP contribution >= 0.6 is 11.6 Å². The minimum Gasteiger partial charge on any atom is -0.293 e. The smallest absolute Gasteiger partial charge is 0.177 e. The molecule has 0 aliphatic carbocycles. The summed E-state index contributed by atoms with van der Waals surface area (Å²) < 4.78 is 0. The van der Waals surface area contributed by atoms with E-state index in [0.717, 1.165) is 30.6 Å². The van der Waals surface area contributed by atoms with Gasteiger partial charge < -0.3 is 0 Å². The van der Waals surface area contributed by atoms with Crippen molar-refractivity contribution < 1.29 is 4.79 Å². The van der Waals surface area contributed by atoms with Gasteiger partial charge in [0.1, 0.15) is 0 Å². The summed E-state index contributed by atoms with van der Waals surface area (Å²) in [6.07, 6.45) is 0.941. The van der Waals surface area contributed by atoms with E-state index < -0.39 is 0 Å². The van der Waals surface area contributed by atoms with E-state index in [1.165, 1.54) is 0 Å². The number of nitrogens with zero attached hydrogens (tertiary/aromatic N) is 1. The lowest BCUT2D eigenvalue weighted by molar-refractivity contribution is 0.0901. The standard InChI is InChI=1S/C12H14ClNO/c13-6-3-7-14-8-10-4-1-2-5-11(10)12(15)9-14/h1-2,4-5H,3,6-9H2. The van der Waals surface area contributed by atoms with Crippen LogP contribution in [0.2, 0.25) is 0 Å². The SMILES string of the molecule is O=C1CN(CCCCl)Cc2ccccc21. The van der Waals surface area contributed by atoms with Crippen molar-refractivity contribution in [2.75, 3.05) is 19.0 Å².